The lowest BCUT2D eigenvalue weighted by atomic mass is 11.1. The minimum Gasteiger partial charge on any atom is -0.370 e. The first-order valence-electron chi connectivity index (χ1n) is 1.53. The van der Waals surface area contributed by atoms with E-state index < -0.39 is 10.4 Å². The topological polar surface area (TPSA) is 150 Å². The Kier molecular flexibility index (Phi) is 10.6. The predicted molar refractivity (Wildman–Crippen MR) is 37.5 cm³/mol. The highest BCUT2D eigenvalue weighted by molar-refractivity contribution is 7.79. The largest absolute Gasteiger partial charge is 0.394 e. The van der Waals surface area contributed by atoms with E-state index in [1.54, 1.807) is 0 Å². The number of nitrogens with one attached hydrogen (secondary N) is 1. The molecule has 7 nitrogen and oxygen atoms in total. The summed E-state index contributed by atoms with van der Waals surface area (Å²) in [4.78, 5) is 0. The van der Waals surface area contributed by atoms with Crippen LogP contribution in [0.3, 0.4) is 0 Å². The molecule has 0 bridgehead atoms. The average Bonchev–Trinajstić information content (AvgIpc) is 1.19. The number of hydrogen-bond acceptors (Lipinski definition) is 3. The van der Waals surface area contributed by atoms with Crippen LogP contribution in [0.1, 0.15) is 0 Å². The quantitative estimate of drug-likeness (QED) is 0.181. The molecule has 0 aromatic rings. The minimum absolute atomic E-state index is 0. The third-order valence-corrected chi connectivity index (χ3v) is 0. The molecule has 0 fully saturated rings. The highest BCUT2D eigenvalue weighted by Crippen LogP contribution is 1.59. The Labute approximate surface area is 63.9 Å². The molecule has 0 unspecified atom stereocenters. The van der Waals surface area contributed by atoms with Gasteiger partial charge in [0.1, 0.15) is 0 Å². The maximum atomic E-state index is 8.74. The van der Waals surface area contributed by atoms with Crippen molar-refractivity contribution in [3.63, 3.8) is 0 Å². The Morgan fingerprint density at radius 2 is 1.30 bits per heavy atom. The number of nitrogens with two attached hydrogens (primary N) is 2. The minimum atomic E-state index is -4.67. The fraction of sp³-hybridized carbons (Fsp3) is 0. The third kappa shape index (κ3) is 945. The Morgan fingerprint density at radius 1 is 1.30 bits per heavy atom. The Morgan fingerprint density at radius 3 is 1.30 bits per heavy atom. The molecular weight excluding hydrogens is 186 g/mol. The fourth-order valence-electron chi connectivity index (χ4n) is 0. The van der Waals surface area contributed by atoms with Gasteiger partial charge in [-0.25, -0.2) is 0 Å². The van der Waals surface area contributed by atoms with E-state index in [2.05, 4.69) is 11.5 Å². The van der Waals surface area contributed by atoms with Crippen molar-refractivity contribution in [3.05, 3.63) is 0 Å². The van der Waals surface area contributed by atoms with Gasteiger partial charge in [-0.15, -0.1) is 12.4 Å². The van der Waals surface area contributed by atoms with Crippen LogP contribution in [0.5, 0.6) is 0 Å². The van der Waals surface area contributed by atoms with Gasteiger partial charge in [0.05, 0.1) is 0 Å². The third-order valence-electron chi connectivity index (χ3n) is 0. The van der Waals surface area contributed by atoms with Gasteiger partial charge in [-0.3, -0.25) is 14.5 Å². The molecule has 0 rings (SSSR count). The predicted octanol–water partition coefficient (Wildman–Crippen LogP) is -1.39. The molecule has 0 aliphatic carbocycles. The summed E-state index contributed by atoms with van der Waals surface area (Å²) in [6.45, 7) is 0. The van der Waals surface area contributed by atoms with Crippen LogP contribution >= 0.6 is 12.4 Å². The summed E-state index contributed by atoms with van der Waals surface area (Å²) in [7, 11) is -4.67. The van der Waals surface area contributed by atoms with Crippen LogP contribution in [0, 0.1) is 5.41 Å². The van der Waals surface area contributed by atoms with Crippen LogP contribution in [-0.4, -0.2) is 23.5 Å². The zero-order valence-electron chi connectivity index (χ0n) is 4.68. The summed E-state index contributed by atoms with van der Waals surface area (Å²) in [5.74, 6) is -0.333. The molecule has 7 N–H and O–H groups in total. The van der Waals surface area contributed by atoms with Crippen LogP contribution in [0.15, 0.2) is 0 Å². The molecule has 0 spiro atoms. The Bertz CT molecular complexity index is 163. The van der Waals surface area contributed by atoms with Crippen LogP contribution in [0.25, 0.3) is 0 Å². The van der Waals surface area contributed by atoms with E-state index in [-0.39, 0.29) is 18.4 Å². The van der Waals surface area contributed by atoms with Crippen LogP contribution in [0.2, 0.25) is 0 Å². The average molecular weight is 194 g/mol. The van der Waals surface area contributed by atoms with Crippen molar-refractivity contribution >= 4 is 28.8 Å². The maximum Gasteiger partial charge on any atom is 0.394 e. The molecule has 0 aromatic heterocycles. The Hall–Kier alpha value is -0.570. The molecule has 9 heteroatoms. The summed E-state index contributed by atoms with van der Waals surface area (Å²) in [5.41, 5.74) is 8.94. The molecule has 0 saturated carbocycles. The maximum absolute atomic E-state index is 8.74. The van der Waals surface area contributed by atoms with E-state index in [0.717, 1.165) is 0 Å². The second kappa shape index (κ2) is 6.55. The zero-order valence-corrected chi connectivity index (χ0v) is 6.32. The summed E-state index contributed by atoms with van der Waals surface area (Å²) in [6.07, 6.45) is 0. The summed E-state index contributed by atoms with van der Waals surface area (Å²) in [6, 6.07) is 0. The first kappa shape index (κ1) is 16.2. The second-order valence-electron chi connectivity index (χ2n) is 0.903. The smallest absolute Gasteiger partial charge is 0.370 e. The molecule has 0 aliphatic heterocycles. The van der Waals surface area contributed by atoms with Gasteiger partial charge in [-0.05, 0) is 0 Å². The van der Waals surface area contributed by atoms with Crippen LogP contribution < -0.4 is 11.5 Å². The van der Waals surface area contributed by atoms with Crippen molar-refractivity contribution < 1.29 is 17.5 Å². The molecule has 0 atom stereocenters. The first-order chi connectivity index (χ1) is 3.73. The SMILES string of the molecule is Cl.N=C(N)N.O=S(=O)(O)O. The second-order valence-corrected chi connectivity index (χ2v) is 1.80. The number of hydrogen-bond donors (Lipinski definition) is 5. The lowest BCUT2D eigenvalue weighted by Crippen LogP contribution is -2.20. The lowest BCUT2D eigenvalue weighted by molar-refractivity contribution is 0.381. The lowest BCUT2D eigenvalue weighted by Gasteiger charge is -1.69. The van der Waals surface area contributed by atoms with Gasteiger partial charge in [-0.1, -0.05) is 0 Å². The summed E-state index contributed by atoms with van der Waals surface area (Å²) in [5, 5.41) is 6.06. The van der Waals surface area contributed by atoms with E-state index >= 15 is 0 Å². The van der Waals surface area contributed by atoms with Gasteiger partial charge in [0.2, 0.25) is 0 Å². The van der Waals surface area contributed by atoms with E-state index in [1.165, 1.54) is 0 Å². The van der Waals surface area contributed by atoms with E-state index in [0.29, 0.717) is 0 Å². The molecule has 64 valence electrons. The summed E-state index contributed by atoms with van der Waals surface area (Å²) < 4.78 is 31.6. The van der Waals surface area contributed by atoms with Gasteiger partial charge < -0.3 is 11.5 Å². The number of rotatable bonds is 0. The number of guanidine groups is 1. The van der Waals surface area contributed by atoms with Crippen molar-refractivity contribution in [1.29, 1.82) is 5.41 Å². The normalized spacial score (nSPS) is 8.20. The molecule has 0 aliphatic rings. The number of halogens is 1. The van der Waals surface area contributed by atoms with Crippen molar-refractivity contribution in [1.82, 2.24) is 0 Å². The molecule has 0 amide bonds. The molecular formula is CH8ClN3O4S. The molecule has 0 saturated heterocycles. The van der Waals surface area contributed by atoms with Crippen molar-refractivity contribution in [2.24, 2.45) is 11.5 Å². The van der Waals surface area contributed by atoms with Gasteiger partial charge in [-0.2, -0.15) is 8.42 Å². The van der Waals surface area contributed by atoms with Crippen LogP contribution in [-0.2, 0) is 10.4 Å². The fourth-order valence-corrected chi connectivity index (χ4v) is 0. The van der Waals surface area contributed by atoms with Crippen molar-refractivity contribution in [2.75, 3.05) is 0 Å². The van der Waals surface area contributed by atoms with Gasteiger partial charge >= 0.3 is 10.4 Å². The highest BCUT2D eigenvalue weighted by atomic mass is 35.5. The first-order valence-corrected chi connectivity index (χ1v) is 2.92. The monoisotopic (exact) mass is 193 g/mol. The standard InChI is InChI=1S/CH5N3.ClH.H2O4S/c2-1(3)4;;1-5(2,3)4/h(H5,2,3,4);1H;(H2,1,2,3,4). The molecule has 10 heavy (non-hydrogen) atoms. The van der Waals surface area contributed by atoms with Gasteiger partial charge in [0.15, 0.2) is 5.96 Å². The van der Waals surface area contributed by atoms with Crippen molar-refractivity contribution in [2.45, 2.75) is 0 Å². The molecule has 0 radical (unpaired) electrons. The summed E-state index contributed by atoms with van der Waals surface area (Å²) >= 11 is 0. The van der Waals surface area contributed by atoms with Gasteiger partial charge in [0, 0.05) is 0 Å². The Balaban J connectivity index is -0.0000000910. The van der Waals surface area contributed by atoms with Gasteiger partial charge in [0.25, 0.3) is 0 Å². The molecule has 0 heterocycles. The van der Waals surface area contributed by atoms with E-state index in [9.17, 15) is 0 Å². The molecule has 0 aromatic carbocycles. The highest BCUT2D eigenvalue weighted by Gasteiger charge is 1.84. The van der Waals surface area contributed by atoms with Crippen molar-refractivity contribution in [3.8, 4) is 0 Å². The van der Waals surface area contributed by atoms with Crippen LogP contribution in [0.4, 0.5) is 0 Å². The van der Waals surface area contributed by atoms with E-state index in [4.69, 9.17) is 22.9 Å². The zero-order chi connectivity index (χ0) is 8.08. The van der Waals surface area contributed by atoms with E-state index in [1.807, 2.05) is 0 Å².